The molecule has 0 fully saturated rings. The van der Waals surface area contributed by atoms with E-state index in [1.54, 1.807) is 0 Å². The summed E-state index contributed by atoms with van der Waals surface area (Å²) in [6.07, 6.45) is 32.4. The summed E-state index contributed by atoms with van der Waals surface area (Å²) >= 11 is 0. The molecule has 0 N–H and O–H groups in total. The lowest BCUT2D eigenvalue weighted by Gasteiger charge is -2.14. The van der Waals surface area contributed by atoms with Gasteiger partial charge in [-0.15, -0.1) is 11.8 Å². The van der Waals surface area contributed by atoms with Crippen molar-refractivity contribution in [2.75, 3.05) is 0 Å². The Bertz CT molecular complexity index is 358. The van der Waals surface area contributed by atoms with E-state index in [0.717, 1.165) is 31.6 Å². The van der Waals surface area contributed by atoms with E-state index in [1.807, 2.05) is 0 Å². The minimum Gasteiger partial charge on any atom is -0.103 e. The molecule has 0 aliphatic heterocycles. The van der Waals surface area contributed by atoms with Crippen LogP contribution in [0.25, 0.3) is 0 Å². The van der Waals surface area contributed by atoms with Crippen LogP contribution in [0.3, 0.4) is 0 Å². The van der Waals surface area contributed by atoms with Crippen LogP contribution in [0.5, 0.6) is 0 Å². The first-order valence-electron chi connectivity index (χ1n) is 13.9. The highest BCUT2D eigenvalue weighted by Crippen LogP contribution is 2.21. The van der Waals surface area contributed by atoms with Crippen molar-refractivity contribution in [2.45, 2.75) is 161 Å². The summed E-state index contributed by atoms with van der Waals surface area (Å²) in [5, 5.41) is 0. The van der Waals surface area contributed by atoms with Crippen LogP contribution in [-0.4, -0.2) is 0 Å². The zero-order valence-electron chi connectivity index (χ0n) is 21.0. The summed E-state index contributed by atoms with van der Waals surface area (Å²) in [5.74, 6) is 7.73. The van der Waals surface area contributed by atoms with E-state index in [-0.39, 0.29) is 0 Å². The molecule has 0 aromatic carbocycles. The summed E-state index contributed by atoms with van der Waals surface area (Å²) in [5.41, 5.74) is 0. The molecule has 0 saturated carbocycles. The monoisotopic (exact) mass is 416 g/mol. The molecule has 0 spiro atoms. The highest BCUT2D eigenvalue weighted by atomic mass is 14.1. The zero-order chi connectivity index (χ0) is 22.0. The van der Waals surface area contributed by atoms with Gasteiger partial charge < -0.3 is 0 Å². The molecule has 1 atom stereocenters. The van der Waals surface area contributed by atoms with Gasteiger partial charge in [-0.2, -0.15) is 0 Å². The topological polar surface area (TPSA) is 0 Å². The van der Waals surface area contributed by atoms with E-state index in [9.17, 15) is 0 Å². The number of hydrogen-bond acceptors (Lipinski definition) is 0. The Kier molecular flexibility index (Phi) is 26.2. The van der Waals surface area contributed by atoms with Gasteiger partial charge in [0.25, 0.3) is 0 Å². The Labute approximate surface area is 192 Å². The zero-order valence-corrected chi connectivity index (χ0v) is 21.0. The highest BCUT2D eigenvalue weighted by molar-refractivity contribution is 4.98. The maximum Gasteiger partial charge on any atom is 0.00886 e. The van der Waals surface area contributed by atoms with Gasteiger partial charge in [-0.25, -0.2) is 0 Å². The van der Waals surface area contributed by atoms with Crippen LogP contribution in [0.4, 0.5) is 0 Å². The second kappa shape index (κ2) is 26.6. The van der Waals surface area contributed by atoms with E-state index >= 15 is 0 Å². The second-order valence-corrected chi connectivity index (χ2v) is 9.42. The van der Waals surface area contributed by atoms with E-state index < -0.39 is 0 Å². The summed E-state index contributed by atoms with van der Waals surface area (Å²) in [6, 6.07) is 0. The molecule has 0 nitrogen and oxygen atoms in total. The average Bonchev–Trinajstić information content (AvgIpc) is 2.76. The molecule has 0 bridgehead atoms. The number of unbranched alkanes of at least 4 members (excludes halogenated alkanes) is 18. The maximum absolute atomic E-state index is 3.92. The van der Waals surface area contributed by atoms with Gasteiger partial charge in [0.15, 0.2) is 0 Å². The fraction of sp³-hybridized carbons (Fsp3) is 0.867. The molecule has 0 aliphatic rings. The van der Waals surface area contributed by atoms with E-state index in [2.05, 4.69) is 32.6 Å². The van der Waals surface area contributed by atoms with Gasteiger partial charge in [0, 0.05) is 12.8 Å². The third-order valence-corrected chi connectivity index (χ3v) is 6.53. The number of hydrogen-bond donors (Lipinski definition) is 0. The summed E-state index contributed by atoms with van der Waals surface area (Å²) in [4.78, 5) is 0. The molecule has 2 radical (unpaired) electrons. The van der Waals surface area contributed by atoms with Crippen molar-refractivity contribution in [1.29, 1.82) is 0 Å². The lowest BCUT2D eigenvalue weighted by Crippen LogP contribution is -1.99. The van der Waals surface area contributed by atoms with E-state index in [1.165, 1.54) is 128 Å². The van der Waals surface area contributed by atoms with Gasteiger partial charge >= 0.3 is 0 Å². The summed E-state index contributed by atoms with van der Waals surface area (Å²) < 4.78 is 0. The average molecular weight is 417 g/mol. The van der Waals surface area contributed by atoms with Crippen LogP contribution < -0.4 is 0 Å². The lowest BCUT2D eigenvalue weighted by molar-refractivity contribution is 0.393. The first kappa shape index (κ1) is 29.6. The largest absolute Gasteiger partial charge is 0.103 e. The van der Waals surface area contributed by atoms with Crippen molar-refractivity contribution in [2.24, 2.45) is 5.92 Å². The summed E-state index contributed by atoms with van der Waals surface area (Å²) in [6.45, 7) is 10.2. The minimum absolute atomic E-state index is 0.982. The molecular formula is C30H56. The van der Waals surface area contributed by atoms with Crippen LogP contribution in [0.2, 0.25) is 0 Å². The third-order valence-electron chi connectivity index (χ3n) is 6.53. The van der Waals surface area contributed by atoms with Crippen LogP contribution in [0.1, 0.15) is 161 Å². The molecule has 0 aromatic rings. The van der Waals surface area contributed by atoms with Crippen molar-refractivity contribution in [3.05, 3.63) is 13.8 Å². The first-order valence-corrected chi connectivity index (χ1v) is 13.9. The van der Waals surface area contributed by atoms with Gasteiger partial charge in [-0.1, -0.05) is 149 Å². The minimum atomic E-state index is 0.982. The summed E-state index contributed by atoms with van der Waals surface area (Å²) in [7, 11) is 0. The fourth-order valence-electron chi connectivity index (χ4n) is 4.32. The Morgan fingerprint density at radius 3 is 1.17 bits per heavy atom. The fourth-order valence-corrected chi connectivity index (χ4v) is 4.32. The van der Waals surface area contributed by atoms with Gasteiger partial charge in [-0.3, -0.25) is 0 Å². The van der Waals surface area contributed by atoms with E-state index in [4.69, 9.17) is 0 Å². The molecule has 0 heteroatoms. The Morgan fingerprint density at radius 1 is 0.467 bits per heavy atom. The predicted octanol–water partition coefficient (Wildman–Crippen LogP) is 10.7. The molecule has 30 heavy (non-hydrogen) atoms. The predicted molar refractivity (Wildman–Crippen MR) is 138 cm³/mol. The molecule has 0 amide bonds. The van der Waals surface area contributed by atoms with Gasteiger partial charge in [0.05, 0.1) is 0 Å². The lowest BCUT2D eigenvalue weighted by atomic mass is 9.92. The van der Waals surface area contributed by atoms with Crippen molar-refractivity contribution in [1.82, 2.24) is 0 Å². The maximum atomic E-state index is 3.92. The van der Waals surface area contributed by atoms with Crippen LogP contribution >= 0.6 is 0 Å². The van der Waals surface area contributed by atoms with Crippen molar-refractivity contribution >= 4 is 0 Å². The van der Waals surface area contributed by atoms with Crippen LogP contribution in [0, 0.1) is 31.6 Å². The van der Waals surface area contributed by atoms with E-state index in [0.29, 0.717) is 0 Å². The van der Waals surface area contributed by atoms with Gasteiger partial charge in [-0.05, 0) is 18.8 Å². The molecule has 0 saturated heterocycles. The Balaban J connectivity index is 3.36. The Morgan fingerprint density at radius 2 is 0.800 bits per heavy atom. The number of rotatable bonds is 23. The highest BCUT2D eigenvalue weighted by Gasteiger charge is 2.05. The molecule has 0 aromatic heterocycles. The molecule has 0 aliphatic carbocycles. The Hall–Kier alpha value is -0.440. The quantitative estimate of drug-likeness (QED) is 0.115. The van der Waals surface area contributed by atoms with Crippen LogP contribution in [-0.2, 0) is 0 Å². The standard InChI is InChI=1S/C30H56/c1-4-7-9-11-13-15-17-18-19-21-23-25-27-29-30(6-3)28-26-24-22-20-16-14-12-10-8-5-2/h30H,1-2,4-16,19-29H2,3H3. The van der Waals surface area contributed by atoms with Crippen LogP contribution in [0.15, 0.2) is 0 Å². The molecule has 0 heterocycles. The third kappa shape index (κ3) is 23.8. The molecular weight excluding hydrogens is 360 g/mol. The SMILES string of the molecule is [CH2]CCCCCCC#CCCCCCCC(CC)CCCCCCCCCCC[CH2]. The first-order chi connectivity index (χ1) is 14.8. The smallest absolute Gasteiger partial charge is 0.00886 e. The normalized spacial score (nSPS) is 12.0. The molecule has 1 unspecified atom stereocenters. The van der Waals surface area contributed by atoms with Gasteiger partial charge in [0.2, 0.25) is 0 Å². The van der Waals surface area contributed by atoms with Crippen molar-refractivity contribution in [3.63, 3.8) is 0 Å². The van der Waals surface area contributed by atoms with Gasteiger partial charge in [0.1, 0.15) is 0 Å². The van der Waals surface area contributed by atoms with Crippen molar-refractivity contribution < 1.29 is 0 Å². The molecule has 176 valence electrons. The van der Waals surface area contributed by atoms with Crippen molar-refractivity contribution in [3.8, 4) is 11.8 Å². The molecule has 0 rings (SSSR count). The second-order valence-electron chi connectivity index (χ2n) is 9.42.